The van der Waals surface area contributed by atoms with E-state index in [1.165, 1.54) is 0 Å². The smallest absolute Gasteiger partial charge is 0.349 e. The lowest BCUT2D eigenvalue weighted by atomic mass is 10.1. The SMILES string of the molecule is CCC(=O)c1ccc(OCC(=O)Oc2ccc(-c3ccccc3)cc2)cc1. The van der Waals surface area contributed by atoms with Gasteiger partial charge in [0.2, 0.25) is 0 Å². The number of esters is 1. The Morgan fingerprint density at radius 2 is 1.33 bits per heavy atom. The molecule has 0 N–H and O–H groups in total. The summed E-state index contributed by atoms with van der Waals surface area (Å²) in [6.45, 7) is 1.61. The summed E-state index contributed by atoms with van der Waals surface area (Å²) in [6, 6.07) is 24.0. The summed E-state index contributed by atoms with van der Waals surface area (Å²) in [4.78, 5) is 23.6. The molecule has 0 fully saturated rings. The molecule has 3 aromatic rings. The van der Waals surface area contributed by atoms with Crippen LogP contribution in [0.4, 0.5) is 0 Å². The Hall–Kier alpha value is -3.40. The van der Waals surface area contributed by atoms with Crippen LogP contribution in [0.15, 0.2) is 78.9 Å². The molecule has 0 heterocycles. The normalized spacial score (nSPS) is 10.3. The number of hydrogen-bond donors (Lipinski definition) is 0. The van der Waals surface area contributed by atoms with Gasteiger partial charge in [0.15, 0.2) is 12.4 Å². The first-order valence-corrected chi connectivity index (χ1v) is 8.78. The zero-order chi connectivity index (χ0) is 19.1. The van der Waals surface area contributed by atoms with Crippen molar-refractivity contribution in [1.82, 2.24) is 0 Å². The molecule has 0 unspecified atom stereocenters. The molecule has 0 bridgehead atoms. The van der Waals surface area contributed by atoms with E-state index in [0.717, 1.165) is 11.1 Å². The zero-order valence-corrected chi connectivity index (χ0v) is 15.1. The summed E-state index contributed by atoms with van der Waals surface area (Å²) in [7, 11) is 0. The van der Waals surface area contributed by atoms with Crippen LogP contribution in [-0.4, -0.2) is 18.4 Å². The van der Waals surface area contributed by atoms with Gasteiger partial charge in [0.05, 0.1) is 0 Å². The second-order valence-corrected chi connectivity index (χ2v) is 5.95. The van der Waals surface area contributed by atoms with Gasteiger partial charge in [-0.1, -0.05) is 49.4 Å². The fourth-order valence-electron chi connectivity index (χ4n) is 2.59. The predicted octanol–water partition coefficient (Wildman–Crippen LogP) is 4.93. The van der Waals surface area contributed by atoms with Crippen molar-refractivity contribution in [3.8, 4) is 22.6 Å². The number of benzene rings is 3. The number of Topliss-reactive ketones (excluding diaryl/α,β-unsaturated/α-hetero) is 1. The van der Waals surface area contributed by atoms with Crippen LogP contribution >= 0.6 is 0 Å². The Labute approximate surface area is 158 Å². The van der Waals surface area contributed by atoms with E-state index < -0.39 is 5.97 Å². The Balaban J connectivity index is 1.52. The first-order chi connectivity index (χ1) is 13.2. The highest BCUT2D eigenvalue weighted by atomic mass is 16.6. The van der Waals surface area contributed by atoms with Crippen molar-refractivity contribution in [2.24, 2.45) is 0 Å². The number of ketones is 1. The Morgan fingerprint density at radius 1 is 0.741 bits per heavy atom. The summed E-state index contributed by atoms with van der Waals surface area (Å²) in [5.74, 6) is 0.558. The van der Waals surface area contributed by atoms with Crippen molar-refractivity contribution < 1.29 is 19.1 Å². The minimum Gasteiger partial charge on any atom is -0.482 e. The molecule has 0 aliphatic carbocycles. The van der Waals surface area contributed by atoms with E-state index >= 15 is 0 Å². The van der Waals surface area contributed by atoms with Gasteiger partial charge in [-0.05, 0) is 47.5 Å². The van der Waals surface area contributed by atoms with E-state index in [4.69, 9.17) is 9.47 Å². The molecule has 0 atom stereocenters. The molecule has 0 radical (unpaired) electrons. The van der Waals surface area contributed by atoms with Crippen LogP contribution in [-0.2, 0) is 4.79 Å². The van der Waals surface area contributed by atoms with E-state index in [0.29, 0.717) is 23.5 Å². The van der Waals surface area contributed by atoms with Crippen molar-refractivity contribution in [3.63, 3.8) is 0 Å². The topological polar surface area (TPSA) is 52.6 Å². The number of rotatable bonds is 7. The molecule has 3 aromatic carbocycles. The van der Waals surface area contributed by atoms with Crippen molar-refractivity contribution in [2.45, 2.75) is 13.3 Å². The van der Waals surface area contributed by atoms with Crippen molar-refractivity contribution in [2.75, 3.05) is 6.61 Å². The molecule has 27 heavy (non-hydrogen) atoms. The Kier molecular flexibility index (Phi) is 6.00. The maximum atomic E-state index is 12.0. The van der Waals surface area contributed by atoms with Gasteiger partial charge in [0.1, 0.15) is 11.5 Å². The Morgan fingerprint density at radius 3 is 1.96 bits per heavy atom. The molecule has 0 saturated carbocycles. The predicted molar refractivity (Wildman–Crippen MR) is 104 cm³/mol. The number of carbonyl (C=O) groups is 2. The molecule has 3 rings (SSSR count). The number of hydrogen-bond acceptors (Lipinski definition) is 4. The molecular formula is C23H20O4. The highest BCUT2D eigenvalue weighted by molar-refractivity contribution is 5.95. The van der Waals surface area contributed by atoms with Crippen LogP contribution in [0.3, 0.4) is 0 Å². The van der Waals surface area contributed by atoms with Crippen LogP contribution in [0.5, 0.6) is 11.5 Å². The molecule has 0 spiro atoms. The average Bonchev–Trinajstić information content (AvgIpc) is 2.73. The second kappa shape index (κ2) is 8.81. The monoisotopic (exact) mass is 360 g/mol. The van der Waals surface area contributed by atoms with Gasteiger partial charge in [-0.15, -0.1) is 0 Å². The summed E-state index contributed by atoms with van der Waals surface area (Å²) >= 11 is 0. The number of carbonyl (C=O) groups excluding carboxylic acids is 2. The summed E-state index contributed by atoms with van der Waals surface area (Å²) < 4.78 is 10.7. The lowest BCUT2D eigenvalue weighted by Gasteiger charge is -2.08. The van der Waals surface area contributed by atoms with Gasteiger partial charge in [-0.25, -0.2) is 4.79 Å². The van der Waals surface area contributed by atoms with Gasteiger partial charge in [0.25, 0.3) is 0 Å². The van der Waals surface area contributed by atoms with Crippen molar-refractivity contribution in [1.29, 1.82) is 0 Å². The molecule has 0 saturated heterocycles. The van der Waals surface area contributed by atoms with E-state index in [9.17, 15) is 9.59 Å². The third kappa shape index (κ3) is 5.05. The number of ether oxygens (including phenoxy) is 2. The molecule has 0 aromatic heterocycles. The lowest BCUT2D eigenvalue weighted by molar-refractivity contribution is -0.136. The van der Waals surface area contributed by atoms with Gasteiger partial charge < -0.3 is 9.47 Å². The van der Waals surface area contributed by atoms with Crippen LogP contribution in [0, 0.1) is 0 Å². The molecule has 0 aliphatic heterocycles. The molecule has 0 aliphatic rings. The van der Waals surface area contributed by atoms with Crippen LogP contribution < -0.4 is 9.47 Å². The summed E-state index contributed by atoms with van der Waals surface area (Å²) in [6.07, 6.45) is 0.454. The van der Waals surface area contributed by atoms with E-state index in [-0.39, 0.29) is 12.4 Å². The van der Waals surface area contributed by atoms with Crippen molar-refractivity contribution in [3.05, 3.63) is 84.4 Å². The highest BCUT2D eigenvalue weighted by Crippen LogP contribution is 2.22. The van der Waals surface area contributed by atoms with Gasteiger partial charge in [-0.2, -0.15) is 0 Å². The minimum atomic E-state index is -0.490. The highest BCUT2D eigenvalue weighted by Gasteiger charge is 2.08. The summed E-state index contributed by atoms with van der Waals surface area (Å²) in [5, 5.41) is 0. The second-order valence-electron chi connectivity index (χ2n) is 5.95. The molecule has 4 nitrogen and oxygen atoms in total. The molecule has 4 heteroatoms. The van der Waals surface area contributed by atoms with E-state index in [2.05, 4.69) is 0 Å². The van der Waals surface area contributed by atoms with Gasteiger partial charge in [0, 0.05) is 12.0 Å². The quantitative estimate of drug-likeness (QED) is 0.340. The average molecular weight is 360 g/mol. The molecule has 136 valence electrons. The lowest BCUT2D eigenvalue weighted by Crippen LogP contribution is -2.17. The van der Waals surface area contributed by atoms with Crippen molar-refractivity contribution >= 4 is 11.8 Å². The van der Waals surface area contributed by atoms with Crippen LogP contribution in [0.25, 0.3) is 11.1 Å². The van der Waals surface area contributed by atoms with Gasteiger partial charge in [-0.3, -0.25) is 4.79 Å². The van der Waals surface area contributed by atoms with E-state index in [1.54, 1.807) is 36.4 Å². The fourth-order valence-corrected chi connectivity index (χ4v) is 2.59. The maximum absolute atomic E-state index is 12.0. The van der Waals surface area contributed by atoms with Crippen LogP contribution in [0.1, 0.15) is 23.7 Å². The zero-order valence-electron chi connectivity index (χ0n) is 15.1. The van der Waals surface area contributed by atoms with Gasteiger partial charge >= 0.3 is 5.97 Å². The fraction of sp³-hybridized carbons (Fsp3) is 0.130. The largest absolute Gasteiger partial charge is 0.482 e. The minimum absolute atomic E-state index is 0.0694. The maximum Gasteiger partial charge on any atom is 0.349 e. The molecular weight excluding hydrogens is 340 g/mol. The first-order valence-electron chi connectivity index (χ1n) is 8.78. The van der Waals surface area contributed by atoms with Crippen LogP contribution in [0.2, 0.25) is 0 Å². The third-order valence-electron chi connectivity index (χ3n) is 4.05. The molecule has 0 amide bonds. The first kappa shape index (κ1) is 18.4. The third-order valence-corrected chi connectivity index (χ3v) is 4.05. The summed E-state index contributed by atoms with van der Waals surface area (Å²) in [5.41, 5.74) is 2.78. The Bertz CT molecular complexity index is 897. The van der Waals surface area contributed by atoms with E-state index in [1.807, 2.05) is 49.4 Å². The standard InChI is InChI=1S/C23H20O4/c1-2-22(24)19-10-12-20(13-11-19)26-16-23(25)27-21-14-8-18(9-15-21)17-6-4-3-5-7-17/h3-15H,2,16H2,1H3.